The van der Waals surface area contributed by atoms with Crippen LogP contribution in [0.3, 0.4) is 0 Å². The van der Waals surface area contributed by atoms with E-state index in [0.29, 0.717) is 11.8 Å². The largest absolute Gasteiger partial charge is 0.379 e. The van der Waals surface area contributed by atoms with Gasteiger partial charge in [-0.25, -0.2) is 5.48 Å². The van der Waals surface area contributed by atoms with Gasteiger partial charge in [-0.3, -0.25) is 4.99 Å². The first-order valence-electron chi connectivity index (χ1n) is 6.74. The minimum atomic E-state index is 0.610. The Morgan fingerprint density at radius 2 is 2.11 bits per heavy atom. The molecular weight excluding hydrogens is 226 g/mol. The third-order valence-electron chi connectivity index (χ3n) is 3.90. The van der Waals surface area contributed by atoms with Crippen LogP contribution >= 0.6 is 0 Å². The van der Waals surface area contributed by atoms with Crippen LogP contribution in [0.15, 0.2) is 16.4 Å². The lowest BCUT2D eigenvalue weighted by Gasteiger charge is -2.29. The molecular formula is C14H27N3O. The molecule has 0 radical (unpaired) electrons. The van der Waals surface area contributed by atoms with Gasteiger partial charge in [0.15, 0.2) is 0 Å². The van der Waals surface area contributed by atoms with Crippen molar-refractivity contribution in [3.8, 4) is 0 Å². The van der Waals surface area contributed by atoms with Gasteiger partial charge in [-0.05, 0) is 44.2 Å². The van der Waals surface area contributed by atoms with Crippen molar-refractivity contribution in [2.24, 2.45) is 16.8 Å². The van der Waals surface area contributed by atoms with E-state index in [1.165, 1.54) is 11.4 Å². The molecule has 0 amide bonds. The first kappa shape index (κ1) is 15.2. The molecule has 0 aliphatic heterocycles. The third-order valence-corrected chi connectivity index (χ3v) is 3.90. The van der Waals surface area contributed by atoms with Crippen LogP contribution in [0.5, 0.6) is 0 Å². The van der Waals surface area contributed by atoms with E-state index < -0.39 is 0 Å². The van der Waals surface area contributed by atoms with Crippen molar-refractivity contribution in [3.63, 3.8) is 0 Å². The standard InChI is InChI=1S/C14H27N3O/c1-11-6-8-13(15-2)14(17(4)5)9-7-12(11)10-18-16-3/h11-12,16H,2,6-10H2,1,3-5H3/b14-13-. The highest BCUT2D eigenvalue weighted by atomic mass is 16.6. The second-order valence-corrected chi connectivity index (χ2v) is 5.28. The van der Waals surface area contributed by atoms with Crippen molar-refractivity contribution >= 4 is 6.72 Å². The molecule has 0 saturated carbocycles. The summed E-state index contributed by atoms with van der Waals surface area (Å²) in [5, 5.41) is 0. The lowest BCUT2D eigenvalue weighted by Crippen LogP contribution is -2.25. The average molecular weight is 253 g/mol. The molecule has 0 heterocycles. The normalized spacial score (nSPS) is 29.6. The molecule has 0 bridgehead atoms. The quantitative estimate of drug-likeness (QED) is 0.604. The van der Waals surface area contributed by atoms with Gasteiger partial charge in [0.25, 0.3) is 0 Å². The highest BCUT2D eigenvalue weighted by Gasteiger charge is 2.23. The molecule has 1 aliphatic carbocycles. The summed E-state index contributed by atoms with van der Waals surface area (Å²) in [6, 6.07) is 0. The zero-order valence-corrected chi connectivity index (χ0v) is 12.2. The fourth-order valence-corrected chi connectivity index (χ4v) is 2.59. The monoisotopic (exact) mass is 253 g/mol. The van der Waals surface area contributed by atoms with Crippen LogP contribution < -0.4 is 5.48 Å². The number of rotatable bonds is 5. The van der Waals surface area contributed by atoms with Gasteiger partial charge in [-0.1, -0.05) is 6.92 Å². The maximum Gasteiger partial charge on any atom is 0.0712 e. The molecule has 1 rings (SSSR count). The number of allylic oxidation sites excluding steroid dienone is 2. The summed E-state index contributed by atoms with van der Waals surface area (Å²) >= 11 is 0. The molecule has 4 nitrogen and oxygen atoms in total. The Bertz CT molecular complexity index is 299. The highest BCUT2D eigenvalue weighted by Crippen LogP contribution is 2.31. The van der Waals surface area contributed by atoms with Crippen LogP contribution in [0.1, 0.15) is 32.6 Å². The van der Waals surface area contributed by atoms with E-state index in [1.807, 2.05) is 7.05 Å². The van der Waals surface area contributed by atoms with Crippen LogP contribution in [0.2, 0.25) is 0 Å². The number of hydrogen-bond acceptors (Lipinski definition) is 4. The summed E-state index contributed by atoms with van der Waals surface area (Å²) in [5.74, 6) is 1.28. The van der Waals surface area contributed by atoms with Crippen molar-refractivity contribution in [1.82, 2.24) is 10.4 Å². The zero-order chi connectivity index (χ0) is 13.5. The minimum Gasteiger partial charge on any atom is -0.379 e. The van der Waals surface area contributed by atoms with E-state index in [1.54, 1.807) is 0 Å². The molecule has 0 fully saturated rings. The predicted octanol–water partition coefficient (Wildman–Crippen LogP) is 2.44. The minimum absolute atomic E-state index is 0.610. The summed E-state index contributed by atoms with van der Waals surface area (Å²) < 4.78 is 0. The Balaban J connectivity index is 2.76. The molecule has 2 unspecified atom stereocenters. The Hall–Kier alpha value is -0.870. The van der Waals surface area contributed by atoms with Gasteiger partial charge in [0.05, 0.1) is 12.3 Å². The van der Waals surface area contributed by atoms with E-state index in [9.17, 15) is 0 Å². The first-order valence-corrected chi connectivity index (χ1v) is 6.74. The fraction of sp³-hybridized carbons (Fsp3) is 0.786. The Kier molecular flexibility index (Phi) is 6.36. The van der Waals surface area contributed by atoms with E-state index in [2.05, 4.69) is 43.1 Å². The van der Waals surface area contributed by atoms with Crippen molar-refractivity contribution in [2.45, 2.75) is 32.6 Å². The average Bonchev–Trinajstić information content (AvgIpc) is 2.33. The van der Waals surface area contributed by atoms with Crippen molar-refractivity contribution in [1.29, 1.82) is 0 Å². The van der Waals surface area contributed by atoms with Crippen molar-refractivity contribution in [2.75, 3.05) is 27.7 Å². The lowest BCUT2D eigenvalue weighted by molar-refractivity contribution is 0.0143. The molecule has 18 heavy (non-hydrogen) atoms. The van der Waals surface area contributed by atoms with Gasteiger partial charge < -0.3 is 9.74 Å². The van der Waals surface area contributed by atoms with Gasteiger partial charge in [0.1, 0.15) is 0 Å². The molecule has 1 N–H and O–H groups in total. The van der Waals surface area contributed by atoms with Crippen molar-refractivity contribution in [3.05, 3.63) is 11.4 Å². The number of nitrogens with zero attached hydrogens (tertiary/aromatic N) is 2. The Labute approximate surface area is 111 Å². The summed E-state index contributed by atoms with van der Waals surface area (Å²) in [5.41, 5.74) is 5.27. The molecule has 104 valence electrons. The third kappa shape index (κ3) is 4.10. The van der Waals surface area contributed by atoms with Gasteiger partial charge in [-0.15, -0.1) is 0 Å². The lowest BCUT2D eigenvalue weighted by atomic mass is 9.83. The summed E-state index contributed by atoms with van der Waals surface area (Å²) in [7, 11) is 5.99. The van der Waals surface area contributed by atoms with E-state index in [0.717, 1.165) is 32.3 Å². The van der Waals surface area contributed by atoms with E-state index in [4.69, 9.17) is 4.84 Å². The Morgan fingerprint density at radius 1 is 1.39 bits per heavy atom. The SMILES string of the molecule is C=N/C1=C(\N(C)C)CCC(CONC)C(C)CC1. The number of nitrogens with one attached hydrogen (secondary N) is 1. The second-order valence-electron chi connectivity index (χ2n) is 5.28. The second kappa shape index (κ2) is 7.54. The van der Waals surface area contributed by atoms with Gasteiger partial charge in [0.2, 0.25) is 0 Å². The number of aliphatic imine (C=N–C) groups is 1. The van der Waals surface area contributed by atoms with E-state index >= 15 is 0 Å². The summed E-state index contributed by atoms with van der Waals surface area (Å²) in [4.78, 5) is 11.8. The molecule has 0 aromatic rings. The molecule has 1 aliphatic rings. The van der Waals surface area contributed by atoms with Gasteiger partial charge >= 0.3 is 0 Å². The van der Waals surface area contributed by atoms with Gasteiger partial charge in [-0.2, -0.15) is 0 Å². The smallest absolute Gasteiger partial charge is 0.0712 e. The van der Waals surface area contributed by atoms with E-state index in [-0.39, 0.29) is 0 Å². The van der Waals surface area contributed by atoms with Gasteiger partial charge in [0, 0.05) is 26.8 Å². The van der Waals surface area contributed by atoms with Crippen LogP contribution in [0.4, 0.5) is 0 Å². The predicted molar refractivity (Wildman–Crippen MR) is 76.4 cm³/mol. The highest BCUT2D eigenvalue weighted by molar-refractivity contribution is 5.31. The molecule has 0 aromatic heterocycles. The molecule has 0 spiro atoms. The van der Waals surface area contributed by atoms with Crippen molar-refractivity contribution < 1.29 is 4.84 Å². The van der Waals surface area contributed by atoms with Crippen LogP contribution in [-0.4, -0.2) is 39.4 Å². The molecule has 0 aromatic carbocycles. The number of hydrogen-bond donors (Lipinski definition) is 1. The summed E-state index contributed by atoms with van der Waals surface area (Å²) in [6.07, 6.45) is 4.39. The Morgan fingerprint density at radius 3 is 2.67 bits per heavy atom. The topological polar surface area (TPSA) is 36.9 Å². The first-order chi connectivity index (χ1) is 8.60. The maximum absolute atomic E-state index is 5.37. The van der Waals surface area contributed by atoms with Crippen LogP contribution in [0, 0.1) is 11.8 Å². The number of hydroxylamine groups is 1. The van der Waals surface area contributed by atoms with Crippen LogP contribution in [-0.2, 0) is 4.84 Å². The molecule has 2 atom stereocenters. The van der Waals surface area contributed by atoms with Crippen LogP contribution in [0.25, 0.3) is 0 Å². The zero-order valence-electron chi connectivity index (χ0n) is 12.2. The fourth-order valence-electron chi connectivity index (χ4n) is 2.59. The maximum atomic E-state index is 5.37. The molecule has 0 saturated heterocycles. The summed E-state index contributed by atoms with van der Waals surface area (Å²) in [6.45, 7) is 6.81. The molecule has 4 heteroatoms.